The van der Waals surface area contributed by atoms with Gasteiger partial charge in [-0.2, -0.15) is 0 Å². The number of allylic oxidation sites excluding steroid dienone is 2. The van der Waals surface area contributed by atoms with Gasteiger partial charge in [-0.15, -0.1) is 11.3 Å². The number of carbonyl (C=O) groups is 1. The van der Waals surface area contributed by atoms with Crippen LogP contribution in [0.25, 0.3) is 0 Å². The second-order valence-corrected chi connectivity index (χ2v) is 26.6. The molecule has 16 fully saturated rings. The van der Waals surface area contributed by atoms with Crippen molar-refractivity contribution in [1.82, 2.24) is 0 Å². The highest BCUT2D eigenvalue weighted by Crippen LogP contribution is 3.03. The molecule has 0 amide bonds. The topological polar surface area (TPSA) is 26.3 Å². The maximum atomic E-state index is 12.6. The summed E-state index contributed by atoms with van der Waals surface area (Å²) in [4.78, 5) is 16.1. The van der Waals surface area contributed by atoms with E-state index in [0.29, 0.717) is 22.7 Å². The first-order chi connectivity index (χ1) is 27.1. The van der Waals surface area contributed by atoms with Crippen LogP contribution in [0.15, 0.2) is 23.8 Å². The molecule has 0 bridgehead atoms. The van der Waals surface area contributed by atoms with Gasteiger partial charge < -0.3 is 4.74 Å². The van der Waals surface area contributed by atoms with Crippen molar-refractivity contribution in [2.75, 3.05) is 7.11 Å². The molecule has 0 aliphatic heterocycles. The van der Waals surface area contributed by atoms with Crippen molar-refractivity contribution in [2.24, 2.45) is 171 Å². The number of methoxy groups -OCH3 is 1. The Balaban J connectivity index is 0.933. The second-order valence-electron chi connectivity index (χ2n) is 25.4. The van der Waals surface area contributed by atoms with Crippen molar-refractivity contribution in [3.8, 4) is 0 Å². The van der Waals surface area contributed by atoms with E-state index in [1.54, 1.807) is 56.9 Å². The third-order valence-corrected chi connectivity index (χ3v) is 27.7. The molecule has 0 saturated heterocycles. The Bertz CT molecular complexity index is 2100. The minimum absolute atomic E-state index is 0.0155. The third kappa shape index (κ3) is 2.53. The molecule has 17 aliphatic rings. The van der Waals surface area contributed by atoms with Gasteiger partial charge in [-0.3, -0.25) is 4.79 Å². The number of esters is 1. The lowest BCUT2D eigenvalue weighted by Gasteiger charge is -2.62. The Labute approximate surface area is 332 Å². The van der Waals surface area contributed by atoms with Crippen molar-refractivity contribution >= 4 is 17.3 Å². The average molecular weight is 751 g/mol. The summed E-state index contributed by atoms with van der Waals surface area (Å²) in [5.74, 6) is 30.1. The molecule has 0 N–H and O–H groups in total. The van der Waals surface area contributed by atoms with Gasteiger partial charge in [0, 0.05) is 32.4 Å². The fourth-order valence-corrected chi connectivity index (χ4v) is 29.3. The first-order valence-corrected chi connectivity index (χ1v) is 25.8. The number of thiophene rings is 1. The largest absolute Gasteiger partial charge is 0.469 e. The lowest BCUT2D eigenvalue weighted by molar-refractivity contribution is -0.154. The van der Waals surface area contributed by atoms with E-state index in [9.17, 15) is 4.79 Å². The van der Waals surface area contributed by atoms with Crippen LogP contribution in [0.4, 0.5) is 0 Å². The van der Waals surface area contributed by atoms with Crippen molar-refractivity contribution < 1.29 is 9.53 Å². The normalized spacial score (nSPS) is 70.7. The van der Waals surface area contributed by atoms with Gasteiger partial charge in [0.15, 0.2) is 0 Å². The summed E-state index contributed by atoms with van der Waals surface area (Å²) in [5, 5.41) is 0. The maximum Gasteiger partial charge on any atom is 0.305 e. The number of hydrogen-bond acceptors (Lipinski definition) is 3. The van der Waals surface area contributed by atoms with Crippen LogP contribution in [0.1, 0.15) is 93.7 Å². The zero-order valence-corrected chi connectivity index (χ0v) is 34.1. The fourth-order valence-electron chi connectivity index (χ4n) is 28.0. The van der Waals surface area contributed by atoms with E-state index in [4.69, 9.17) is 4.74 Å². The summed E-state index contributed by atoms with van der Waals surface area (Å²) >= 11 is 2.29. The molecule has 288 valence electrons. The van der Waals surface area contributed by atoms with Gasteiger partial charge in [0.05, 0.1) is 7.11 Å². The van der Waals surface area contributed by atoms with Gasteiger partial charge in [-0.25, -0.2) is 0 Å². The molecule has 18 rings (SSSR count). The van der Waals surface area contributed by atoms with Gasteiger partial charge >= 0.3 is 5.97 Å². The molecule has 3 heteroatoms. The van der Waals surface area contributed by atoms with E-state index >= 15 is 0 Å². The van der Waals surface area contributed by atoms with Crippen LogP contribution in [0.2, 0.25) is 0 Å². The molecule has 0 aromatic carbocycles. The van der Waals surface area contributed by atoms with E-state index in [2.05, 4.69) is 42.0 Å². The van der Waals surface area contributed by atoms with Crippen LogP contribution < -0.4 is 0 Å². The number of ether oxygens (including phenoxy) is 1. The zero-order chi connectivity index (χ0) is 35.1. The predicted octanol–water partition coefficient (Wildman–Crippen LogP) is 10.2. The molecule has 30 unspecified atom stereocenters. The van der Waals surface area contributed by atoms with E-state index in [1.165, 1.54) is 55.3 Å². The molecule has 17 aliphatic carbocycles. The second kappa shape index (κ2) is 8.71. The number of rotatable bonds is 7. The van der Waals surface area contributed by atoms with Crippen molar-refractivity contribution in [3.05, 3.63) is 33.5 Å². The molecular formula is C52H62O2S. The highest BCUT2D eigenvalue weighted by molar-refractivity contribution is 7.12. The molecular weight excluding hydrogens is 689 g/mol. The number of carbonyl (C=O) groups excluding carboxylic acids is 1. The lowest BCUT2D eigenvalue weighted by Crippen LogP contribution is -2.59. The smallest absolute Gasteiger partial charge is 0.305 e. The lowest BCUT2D eigenvalue weighted by atomic mass is 9.41. The summed E-state index contributed by atoms with van der Waals surface area (Å²) in [6.45, 7) is 2.42. The number of hydrogen-bond donors (Lipinski definition) is 0. The summed E-state index contributed by atoms with van der Waals surface area (Å²) in [6, 6.07) is 5.34. The zero-order valence-electron chi connectivity index (χ0n) is 33.2. The first-order valence-electron chi connectivity index (χ1n) is 24.9. The summed E-state index contributed by atoms with van der Waals surface area (Å²) in [7, 11) is 1.60. The van der Waals surface area contributed by atoms with Crippen LogP contribution in [0.3, 0.4) is 0 Å². The Kier molecular flexibility index (Phi) is 4.76. The van der Waals surface area contributed by atoms with E-state index in [1.807, 2.05) is 4.88 Å². The Morgan fingerprint density at radius 2 is 1.20 bits per heavy atom. The van der Waals surface area contributed by atoms with Gasteiger partial charge in [0.1, 0.15) is 0 Å². The van der Waals surface area contributed by atoms with Gasteiger partial charge in [-0.1, -0.05) is 25.0 Å². The van der Waals surface area contributed by atoms with Crippen molar-refractivity contribution in [3.63, 3.8) is 0 Å². The van der Waals surface area contributed by atoms with Gasteiger partial charge in [0.25, 0.3) is 0 Å². The summed E-state index contributed by atoms with van der Waals surface area (Å²) in [5.41, 5.74) is 3.35. The Hall–Kier alpha value is -1.09. The Morgan fingerprint density at radius 3 is 1.84 bits per heavy atom. The van der Waals surface area contributed by atoms with Crippen LogP contribution in [0.5, 0.6) is 0 Å². The quantitative estimate of drug-likeness (QED) is 0.158. The fraction of sp³-hybridized carbons (Fsp3) is 0.865. The van der Waals surface area contributed by atoms with Crippen LogP contribution in [-0.4, -0.2) is 13.1 Å². The molecule has 0 radical (unpaired) electrons. The monoisotopic (exact) mass is 750 g/mol. The summed E-state index contributed by atoms with van der Waals surface area (Å²) in [6.07, 6.45) is 21.8. The first kappa shape index (κ1) is 30.0. The molecule has 30 atom stereocenters. The van der Waals surface area contributed by atoms with Gasteiger partial charge in [-0.05, 0) is 243 Å². The number of aryl methyl sites for hydroxylation is 1. The highest BCUT2D eigenvalue weighted by Gasteiger charge is 3.00. The number of unbranched alkanes of at least 4 members (excludes halogenated alkanes) is 1. The SMILES string of the molecule is CCc1ccc(C2(CCCCC(=O)OC)C34C=C5CC6CC7CC8CC9CC%10CC%11CC(C3)C3C%12C%11C%10C%10C9C9C8C7C7C6C6C8C7C9C%10C%12C8C3C42C56)s1. The van der Waals surface area contributed by atoms with Crippen LogP contribution >= 0.6 is 11.3 Å². The van der Waals surface area contributed by atoms with Crippen LogP contribution in [0, 0.1) is 171 Å². The van der Waals surface area contributed by atoms with E-state index in [-0.39, 0.29) is 5.97 Å². The molecule has 1 aromatic rings. The molecule has 2 nitrogen and oxygen atoms in total. The van der Waals surface area contributed by atoms with Gasteiger partial charge in [0.2, 0.25) is 0 Å². The minimum Gasteiger partial charge on any atom is -0.469 e. The molecule has 1 heterocycles. The molecule has 1 aromatic heterocycles. The molecule has 1 spiro atoms. The standard InChI is InChI=1S/C52H62O2S/c1-3-27-7-8-28(55-27)51(9-5-4-6-29(53)54-2)50-17-25-15-23-13-21-12-22-11-19-10-20-14-24-16-26(18-50)48-46-35(24)39-31(20)30(19)37-34(22)38-32(21)33(23)40-36(25)49(52(48,50)51)47-44(40)42(38)41(37)43(39)45(46)47/h7-8,18-25,30-49H,3-6,9-17H2,1-2H3. The molecule has 16 saturated carbocycles. The van der Waals surface area contributed by atoms with E-state index in [0.717, 1.165) is 137 Å². The van der Waals surface area contributed by atoms with Crippen molar-refractivity contribution in [2.45, 2.75) is 95.8 Å². The molecule has 55 heavy (non-hydrogen) atoms. The van der Waals surface area contributed by atoms with Crippen molar-refractivity contribution in [1.29, 1.82) is 0 Å². The average Bonchev–Trinajstić information content (AvgIpc) is 3.98. The maximum absolute atomic E-state index is 12.6. The minimum atomic E-state index is 0.0155. The third-order valence-electron chi connectivity index (χ3n) is 26.3. The van der Waals surface area contributed by atoms with E-state index < -0.39 is 0 Å². The summed E-state index contributed by atoms with van der Waals surface area (Å²) < 4.78 is 5.24. The highest BCUT2D eigenvalue weighted by atomic mass is 32.1. The Morgan fingerprint density at radius 1 is 0.655 bits per heavy atom. The predicted molar refractivity (Wildman–Crippen MR) is 210 cm³/mol. The van der Waals surface area contributed by atoms with Crippen LogP contribution in [-0.2, 0) is 21.4 Å².